The molecule has 3 aromatic rings. The molecule has 2 heterocycles. The molecule has 0 saturated heterocycles. The second-order valence-electron chi connectivity index (χ2n) is 4.80. The quantitative estimate of drug-likeness (QED) is 0.777. The zero-order chi connectivity index (χ0) is 14.5. The first-order valence-corrected chi connectivity index (χ1v) is 6.90. The number of rotatable bonds is 5. The van der Waals surface area contributed by atoms with Crippen molar-refractivity contribution in [1.29, 1.82) is 0 Å². The van der Waals surface area contributed by atoms with Crippen LogP contribution in [0.2, 0.25) is 0 Å². The van der Waals surface area contributed by atoms with Crippen LogP contribution in [-0.2, 0) is 6.42 Å². The third kappa shape index (κ3) is 3.14. The molecule has 0 fully saturated rings. The minimum Gasteiger partial charge on any atom is -0.311 e. The molecule has 1 unspecified atom stereocenters. The van der Waals surface area contributed by atoms with Gasteiger partial charge in [-0.1, -0.05) is 24.3 Å². The average molecular weight is 279 g/mol. The predicted octanol–water partition coefficient (Wildman–Crippen LogP) is 2.17. The monoisotopic (exact) mass is 279 g/mol. The number of para-hydroxylation sites is 1. The Morgan fingerprint density at radius 2 is 1.95 bits per heavy atom. The topological polar surface area (TPSA) is 55.6 Å². The van der Waals surface area contributed by atoms with E-state index < -0.39 is 0 Å². The SMILES string of the molecule is CNC(Cc1cccnc1)c1cnn(-c2ccccc2)n1. The van der Waals surface area contributed by atoms with Crippen LogP contribution < -0.4 is 5.32 Å². The van der Waals surface area contributed by atoms with Crippen LogP contribution in [0.25, 0.3) is 5.69 Å². The van der Waals surface area contributed by atoms with Gasteiger partial charge in [-0.15, -0.1) is 0 Å². The largest absolute Gasteiger partial charge is 0.311 e. The van der Waals surface area contributed by atoms with Gasteiger partial charge in [0.15, 0.2) is 0 Å². The van der Waals surface area contributed by atoms with Gasteiger partial charge in [-0.3, -0.25) is 4.98 Å². The highest BCUT2D eigenvalue weighted by Gasteiger charge is 2.14. The first-order valence-electron chi connectivity index (χ1n) is 6.90. The maximum Gasteiger partial charge on any atom is 0.100 e. The molecule has 3 rings (SSSR count). The molecule has 1 N–H and O–H groups in total. The minimum atomic E-state index is 0.117. The smallest absolute Gasteiger partial charge is 0.100 e. The first-order chi connectivity index (χ1) is 10.4. The van der Waals surface area contributed by atoms with Gasteiger partial charge in [0, 0.05) is 12.4 Å². The lowest BCUT2D eigenvalue weighted by molar-refractivity contribution is 0.566. The number of nitrogens with zero attached hydrogens (tertiary/aromatic N) is 4. The second-order valence-corrected chi connectivity index (χ2v) is 4.80. The number of benzene rings is 1. The molecule has 0 amide bonds. The van der Waals surface area contributed by atoms with Gasteiger partial charge in [0.25, 0.3) is 0 Å². The lowest BCUT2D eigenvalue weighted by atomic mass is 10.1. The molecule has 0 bridgehead atoms. The standard InChI is InChI=1S/C16H17N5/c1-17-15(10-13-6-5-9-18-11-13)16-12-19-21(20-16)14-7-3-2-4-8-14/h2-9,11-12,15,17H,10H2,1H3. The zero-order valence-corrected chi connectivity index (χ0v) is 11.8. The summed E-state index contributed by atoms with van der Waals surface area (Å²) in [5.41, 5.74) is 3.05. The van der Waals surface area contributed by atoms with E-state index in [-0.39, 0.29) is 6.04 Å². The fourth-order valence-electron chi connectivity index (χ4n) is 2.23. The molecule has 2 aromatic heterocycles. The lowest BCUT2D eigenvalue weighted by Gasteiger charge is -2.12. The van der Waals surface area contributed by atoms with Gasteiger partial charge in [0.2, 0.25) is 0 Å². The van der Waals surface area contributed by atoms with E-state index in [1.807, 2.05) is 55.8 Å². The van der Waals surface area contributed by atoms with E-state index in [2.05, 4.69) is 26.6 Å². The highest BCUT2D eigenvalue weighted by molar-refractivity contribution is 5.28. The Bertz CT molecular complexity index is 678. The second kappa shape index (κ2) is 6.28. The van der Waals surface area contributed by atoms with Gasteiger partial charge in [-0.05, 0) is 37.2 Å². The lowest BCUT2D eigenvalue weighted by Crippen LogP contribution is -2.19. The summed E-state index contributed by atoms with van der Waals surface area (Å²) in [7, 11) is 1.93. The Labute approximate surface area is 123 Å². The molecule has 21 heavy (non-hydrogen) atoms. The molecule has 0 saturated carbocycles. The van der Waals surface area contributed by atoms with Crippen molar-refractivity contribution in [3.8, 4) is 5.69 Å². The van der Waals surface area contributed by atoms with Gasteiger partial charge in [0.1, 0.15) is 5.69 Å². The average Bonchev–Trinajstić information content (AvgIpc) is 3.04. The van der Waals surface area contributed by atoms with Crippen LogP contribution in [0.15, 0.2) is 61.1 Å². The molecular weight excluding hydrogens is 262 g/mol. The van der Waals surface area contributed by atoms with Crippen molar-refractivity contribution in [2.24, 2.45) is 0 Å². The van der Waals surface area contributed by atoms with E-state index in [9.17, 15) is 0 Å². The molecule has 0 radical (unpaired) electrons. The number of hydrogen-bond donors (Lipinski definition) is 1. The van der Waals surface area contributed by atoms with Crippen molar-refractivity contribution >= 4 is 0 Å². The van der Waals surface area contributed by atoms with Crippen molar-refractivity contribution in [1.82, 2.24) is 25.3 Å². The highest BCUT2D eigenvalue weighted by Crippen LogP contribution is 2.16. The summed E-state index contributed by atoms with van der Waals surface area (Å²) in [6.07, 6.45) is 6.30. The molecule has 0 aliphatic rings. The van der Waals surface area contributed by atoms with Crippen LogP contribution in [0.5, 0.6) is 0 Å². The summed E-state index contributed by atoms with van der Waals surface area (Å²) in [5, 5.41) is 12.2. The van der Waals surface area contributed by atoms with Crippen LogP contribution in [0.3, 0.4) is 0 Å². The molecule has 106 valence electrons. The number of hydrogen-bond acceptors (Lipinski definition) is 4. The van der Waals surface area contributed by atoms with E-state index in [0.29, 0.717) is 0 Å². The predicted molar refractivity (Wildman–Crippen MR) is 81.1 cm³/mol. The zero-order valence-electron chi connectivity index (χ0n) is 11.8. The molecule has 0 aliphatic heterocycles. The summed E-state index contributed by atoms with van der Waals surface area (Å²) in [5.74, 6) is 0. The van der Waals surface area contributed by atoms with Crippen LogP contribution in [0.1, 0.15) is 17.3 Å². The molecule has 5 heteroatoms. The Morgan fingerprint density at radius 3 is 2.67 bits per heavy atom. The van der Waals surface area contributed by atoms with Crippen molar-refractivity contribution in [2.45, 2.75) is 12.5 Å². The van der Waals surface area contributed by atoms with Crippen molar-refractivity contribution in [3.63, 3.8) is 0 Å². The summed E-state index contributed by atoms with van der Waals surface area (Å²) in [4.78, 5) is 5.81. The van der Waals surface area contributed by atoms with E-state index in [1.54, 1.807) is 11.0 Å². The van der Waals surface area contributed by atoms with Crippen LogP contribution in [-0.4, -0.2) is 27.0 Å². The van der Waals surface area contributed by atoms with Gasteiger partial charge < -0.3 is 5.32 Å². The van der Waals surface area contributed by atoms with Crippen LogP contribution >= 0.6 is 0 Å². The van der Waals surface area contributed by atoms with Gasteiger partial charge in [-0.2, -0.15) is 15.0 Å². The normalized spacial score (nSPS) is 12.2. The number of likely N-dealkylation sites (N-methyl/N-ethyl adjacent to an activating group) is 1. The molecular formula is C16H17N5. The fourth-order valence-corrected chi connectivity index (χ4v) is 2.23. The summed E-state index contributed by atoms with van der Waals surface area (Å²) in [6, 6.07) is 14.0. The maximum atomic E-state index is 4.57. The number of pyridine rings is 1. The Balaban J connectivity index is 1.81. The summed E-state index contributed by atoms with van der Waals surface area (Å²) in [6.45, 7) is 0. The Morgan fingerprint density at radius 1 is 1.10 bits per heavy atom. The molecule has 1 aromatic carbocycles. The Hall–Kier alpha value is -2.53. The summed E-state index contributed by atoms with van der Waals surface area (Å²) >= 11 is 0. The summed E-state index contributed by atoms with van der Waals surface area (Å²) < 4.78 is 0. The van der Waals surface area contributed by atoms with E-state index in [1.165, 1.54) is 5.56 Å². The minimum absolute atomic E-state index is 0.117. The van der Waals surface area contributed by atoms with E-state index >= 15 is 0 Å². The van der Waals surface area contributed by atoms with Crippen LogP contribution in [0, 0.1) is 0 Å². The third-order valence-corrected chi connectivity index (χ3v) is 3.36. The molecule has 1 atom stereocenters. The number of nitrogens with one attached hydrogen (secondary N) is 1. The van der Waals surface area contributed by atoms with E-state index in [4.69, 9.17) is 0 Å². The number of aromatic nitrogens is 4. The molecule has 0 aliphatic carbocycles. The third-order valence-electron chi connectivity index (χ3n) is 3.36. The van der Waals surface area contributed by atoms with Crippen LogP contribution in [0.4, 0.5) is 0 Å². The van der Waals surface area contributed by atoms with Crippen molar-refractivity contribution < 1.29 is 0 Å². The first kappa shape index (κ1) is 13.5. The molecule has 5 nitrogen and oxygen atoms in total. The molecule has 0 spiro atoms. The van der Waals surface area contributed by atoms with E-state index in [0.717, 1.165) is 17.8 Å². The van der Waals surface area contributed by atoms with Crippen molar-refractivity contribution in [2.75, 3.05) is 7.05 Å². The van der Waals surface area contributed by atoms with Gasteiger partial charge in [-0.25, -0.2) is 0 Å². The van der Waals surface area contributed by atoms with Crippen molar-refractivity contribution in [3.05, 3.63) is 72.3 Å². The van der Waals surface area contributed by atoms with Gasteiger partial charge in [0.05, 0.1) is 17.9 Å². The van der Waals surface area contributed by atoms with Gasteiger partial charge >= 0.3 is 0 Å². The maximum absolute atomic E-state index is 4.57. The highest BCUT2D eigenvalue weighted by atomic mass is 15.5. The fraction of sp³-hybridized carbons (Fsp3) is 0.188. The Kier molecular flexibility index (Phi) is 4.02.